The normalized spacial score (nSPS) is 11.9. The Labute approximate surface area is 249 Å². The molecule has 0 heterocycles. The van der Waals surface area contributed by atoms with Crippen LogP contribution in [0, 0.1) is 6.92 Å². The summed E-state index contributed by atoms with van der Waals surface area (Å²) in [6.07, 6.45) is 0.736. The lowest BCUT2D eigenvalue weighted by atomic mass is 10.1. The first-order valence-corrected chi connectivity index (χ1v) is 15.3. The Hall–Kier alpha value is -3.08. The highest BCUT2D eigenvalue weighted by Gasteiger charge is 2.32. The van der Waals surface area contributed by atoms with E-state index in [1.165, 1.54) is 36.3 Å². The lowest BCUT2D eigenvalue weighted by Gasteiger charge is -2.32. The van der Waals surface area contributed by atoms with Crippen LogP contribution in [0.4, 0.5) is 5.69 Å². The zero-order valence-electron chi connectivity index (χ0n) is 22.9. The number of benzene rings is 3. The zero-order valence-corrected chi connectivity index (χ0v) is 26.0. The molecule has 0 aliphatic rings. The molecule has 1 atom stereocenters. The number of aryl methyl sites for hydroxylation is 1. The third kappa shape index (κ3) is 7.77. The second-order valence-electron chi connectivity index (χ2n) is 9.26. The lowest BCUT2D eigenvalue weighted by Crippen LogP contribution is -2.51. The van der Waals surface area contributed by atoms with E-state index in [1.54, 1.807) is 25.1 Å². The van der Waals surface area contributed by atoms with Gasteiger partial charge >= 0.3 is 0 Å². The van der Waals surface area contributed by atoms with Gasteiger partial charge in [0.2, 0.25) is 11.8 Å². The van der Waals surface area contributed by atoms with E-state index < -0.39 is 28.5 Å². The molecule has 0 spiro atoms. The number of methoxy groups -OCH3 is 1. The average molecular weight is 651 g/mol. The minimum absolute atomic E-state index is 0.0195. The van der Waals surface area contributed by atoms with Crippen LogP contribution in [-0.4, -0.2) is 51.4 Å². The molecule has 0 fully saturated rings. The summed E-state index contributed by atoms with van der Waals surface area (Å²) in [5, 5.41) is 3.02. The fourth-order valence-electron chi connectivity index (χ4n) is 3.94. The molecule has 0 radical (unpaired) electrons. The first-order valence-electron chi connectivity index (χ1n) is 12.7. The first-order chi connectivity index (χ1) is 19.0. The van der Waals surface area contributed by atoms with Crippen molar-refractivity contribution in [1.82, 2.24) is 10.2 Å². The number of sulfonamides is 1. The van der Waals surface area contributed by atoms with Crippen LogP contribution in [0.1, 0.15) is 31.4 Å². The topological polar surface area (TPSA) is 96.0 Å². The monoisotopic (exact) mass is 649 g/mol. The van der Waals surface area contributed by atoms with Crippen LogP contribution in [0.3, 0.4) is 0 Å². The van der Waals surface area contributed by atoms with E-state index in [0.717, 1.165) is 26.3 Å². The van der Waals surface area contributed by atoms with Crippen molar-refractivity contribution in [3.8, 4) is 5.75 Å². The highest BCUT2D eigenvalue weighted by Crippen LogP contribution is 2.32. The smallest absolute Gasteiger partial charge is 0.264 e. The summed E-state index contributed by atoms with van der Waals surface area (Å²) in [5.41, 5.74) is 1.86. The third-order valence-corrected chi connectivity index (χ3v) is 8.91. The zero-order chi connectivity index (χ0) is 29.4. The van der Waals surface area contributed by atoms with Crippen molar-refractivity contribution in [2.75, 3.05) is 24.5 Å². The molecule has 2 amide bonds. The van der Waals surface area contributed by atoms with Gasteiger partial charge in [-0.2, -0.15) is 0 Å². The number of carbonyl (C=O) groups is 2. The minimum atomic E-state index is -4.19. The van der Waals surface area contributed by atoms with Crippen molar-refractivity contribution >= 4 is 55.1 Å². The summed E-state index contributed by atoms with van der Waals surface area (Å²) in [6.45, 7) is 5.43. The van der Waals surface area contributed by atoms with E-state index in [-0.39, 0.29) is 28.1 Å². The van der Waals surface area contributed by atoms with E-state index in [2.05, 4.69) is 21.2 Å². The number of hydrogen-bond donors (Lipinski definition) is 1. The van der Waals surface area contributed by atoms with E-state index in [0.29, 0.717) is 12.3 Å². The van der Waals surface area contributed by atoms with Crippen LogP contribution in [0.25, 0.3) is 0 Å². The molecule has 8 nitrogen and oxygen atoms in total. The number of nitrogens with zero attached hydrogens (tertiary/aromatic N) is 2. The summed E-state index contributed by atoms with van der Waals surface area (Å²) in [7, 11) is -2.74. The molecule has 0 saturated heterocycles. The van der Waals surface area contributed by atoms with Crippen molar-refractivity contribution < 1.29 is 22.7 Å². The number of ether oxygens (including phenoxy) is 1. The highest BCUT2D eigenvalue weighted by atomic mass is 79.9. The van der Waals surface area contributed by atoms with Gasteiger partial charge in [-0.15, -0.1) is 0 Å². The number of halogens is 2. The molecule has 11 heteroatoms. The summed E-state index contributed by atoms with van der Waals surface area (Å²) >= 11 is 9.76. The van der Waals surface area contributed by atoms with Crippen molar-refractivity contribution in [2.45, 2.75) is 44.7 Å². The second-order valence-corrected chi connectivity index (χ2v) is 12.4. The van der Waals surface area contributed by atoms with Gasteiger partial charge in [0.15, 0.2) is 0 Å². The fourth-order valence-corrected chi connectivity index (χ4v) is 5.86. The Balaban J connectivity index is 2.05. The molecule has 0 unspecified atom stereocenters. The SMILES string of the molecule is CCCNC(=O)[C@H](C)N(Cc1ccc(Br)cc1)C(=O)CN(c1ccc(OC)c(Cl)c1)S(=O)(=O)c1ccc(C)cc1. The Morgan fingerprint density at radius 3 is 2.27 bits per heavy atom. The van der Waals surface area contributed by atoms with E-state index in [9.17, 15) is 18.0 Å². The molecule has 0 aliphatic carbocycles. The number of hydrogen-bond acceptors (Lipinski definition) is 5. The molecule has 214 valence electrons. The minimum Gasteiger partial charge on any atom is -0.495 e. The van der Waals surface area contributed by atoms with Gasteiger partial charge < -0.3 is 15.0 Å². The molecular weight excluding hydrogens is 618 g/mol. The maximum atomic E-state index is 13.9. The quantitative estimate of drug-likeness (QED) is 0.277. The van der Waals surface area contributed by atoms with Gasteiger partial charge in [-0.1, -0.05) is 64.3 Å². The Kier molecular flexibility index (Phi) is 11.0. The molecular formula is C29H33BrClN3O5S. The summed E-state index contributed by atoms with van der Waals surface area (Å²) in [5.74, 6) is -0.514. The van der Waals surface area contributed by atoms with Gasteiger partial charge in [-0.05, 0) is 68.3 Å². The van der Waals surface area contributed by atoms with Crippen molar-refractivity contribution in [1.29, 1.82) is 0 Å². The molecule has 3 aromatic rings. The summed E-state index contributed by atoms with van der Waals surface area (Å²) in [6, 6.07) is 17.4. The number of rotatable bonds is 12. The first kappa shape index (κ1) is 31.4. The van der Waals surface area contributed by atoms with Gasteiger partial charge in [0.05, 0.1) is 22.7 Å². The third-order valence-electron chi connectivity index (χ3n) is 6.29. The van der Waals surface area contributed by atoms with Gasteiger partial charge in [-0.25, -0.2) is 8.42 Å². The predicted octanol–water partition coefficient (Wildman–Crippen LogP) is 5.56. The maximum absolute atomic E-state index is 13.9. The molecule has 40 heavy (non-hydrogen) atoms. The standard InChI is InChI=1S/C29H33BrClN3O5S/c1-5-16-32-29(36)21(3)33(18-22-8-10-23(30)11-9-22)28(35)19-34(24-12-15-27(39-4)26(31)17-24)40(37,38)25-13-6-20(2)7-14-25/h6-15,17,21H,5,16,18-19H2,1-4H3,(H,32,36)/t21-/m0/s1. The highest BCUT2D eigenvalue weighted by molar-refractivity contribution is 9.10. The van der Waals surface area contributed by atoms with E-state index in [4.69, 9.17) is 16.3 Å². The predicted molar refractivity (Wildman–Crippen MR) is 161 cm³/mol. The number of amides is 2. The molecule has 3 aromatic carbocycles. The van der Waals surface area contributed by atoms with Gasteiger partial charge in [-0.3, -0.25) is 13.9 Å². The van der Waals surface area contributed by atoms with Gasteiger partial charge in [0.1, 0.15) is 18.3 Å². The molecule has 0 saturated carbocycles. The number of anilines is 1. The van der Waals surface area contributed by atoms with Crippen LogP contribution in [0.5, 0.6) is 5.75 Å². The molecule has 0 aliphatic heterocycles. The summed E-state index contributed by atoms with van der Waals surface area (Å²) < 4.78 is 34.9. The van der Waals surface area contributed by atoms with E-state index in [1.807, 2.05) is 38.1 Å². The molecule has 3 rings (SSSR count). The fraction of sp³-hybridized carbons (Fsp3) is 0.310. The van der Waals surface area contributed by atoms with Crippen LogP contribution in [0.15, 0.2) is 76.1 Å². The largest absolute Gasteiger partial charge is 0.495 e. The Morgan fingerprint density at radius 2 is 1.70 bits per heavy atom. The van der Waals surface area contributed by atoms with E-state index >= 15 is 0 Å². The van der Waals surface area contributed by atoms with Crippen molar-refractivity contribution in [2.24, 2.45) is 0 Å². The van der Waals surface area contributed by atoms with Crippen molar-refractivity contribution in [3.63, 3.8) is 0 Å². The average Bonchev–Trinajstić information content (AvgIpc) is 2.93. The second kappa shape index (κ2) is 14.0. The van der Waals surface area contributed by atoms with Crippen LogP contribution in [-0.2, 0) is 26.2 Å². The summed E-state index contributed by atoms with van der Waals surface area (Å²) in [4.78, 5) is 28.3. The van der Waals surface area contributed by atoms with Gasteiger partial charge in [0, 0.05) is 17.6 Å². The lowest BCUT2D eigenvalue weighted by molar-refractivity contribution is -0.139. The van der Waals surface area contributed by atoms with Crippen LogP contribution in [0.2, 0.25) is 5.02 Å². The Bertz CT molecular complexity index is 1430. The van der Waals surface area contributed by atoms with Crippen LogP contribution >= 0.6 is 27.5 Å². The maximum Gasteiger partial charge on any atom is 0.264 e. The Morgan fingerprint density at radius 1 is 1.05 bits per heavy atom. The van der Waals surface area contributed by atoms with Crippen molar-refractivity contribution in [3.05, 3.63) is 87.4 Å². The number of nitrogens with one attached hydrogen (secondary N) is 1. The number of carbonyl (C=O) groups excluding carboxylic acids is 2. The molecule has 0 bridgehead atoms. The van der Waals surface area contributed by atoms with Gasteiger partial charge in [0.25, 0.3) is 10.0 Å². The molecule has 1 N–H and O–H groups in total. The van der Waals surface area contributed by atoms with Crippen LogP contribution < -0.4 is 14.4 Å². The molecule has 0 aromatic heterocycles.